The lowest BCUT2D eigenvalue weighted by Gasteiger charge is -2.50. The highest BCUT2D eigenvalue weighted by atomic mass is 16.7. The molecule has 0 saturated carbocycles. The van der Waals surface area contributed by atoms with Crippen molar-refractivity contribution in [3.63, 3.8) is 0 Å². The maximum Gasteiger partial charge on any atom is 0.311 e. The molecule has 3 fully saturated rings. The number of aryl methyl sites for hydroxylation is 1. The molecule has 3 aliphatic heterocycles. The number of hydrogen-bond donors (Lipinski definition) is 4. The molecule has 4 rings (SSSR count). The molecule has 4 N–H and O–H groups in total. The Morgan fingerprint density at radius 3 is 2.11 bits per heavy atom. The second kappa shape index (κ2) is 22.3. The lowest BCUT2D eigenvalue weighted by molar-refractivity contribution is -0.319. The molecule has 3 heterocycles. The largest absolute Gasteiger partial charge is 0.459 e. The van der Waals surface area contributed by atoms with E-state index in [1.54, 1.807) is 41.7 Å². The number of aliphatic hydroxyl groups excluding tert-OH is 3. The maximum atomic E-state index is 14.5. The maximum absolute atomic E-state index is 14.5. The molecule has 3 saturated heterocycles. The van der Waals surface area contributed by atoms with Gasteiger partial charge in [-0.15, -0.1) is 0 Å². The zero-order valence-corrected chi connectivity index (χ0v) is 39.9. The number of cyclic esters (lactones) is 1. The van der Waals surface area contributed by atoms with Crippen molar-refractivity contribution in [1.82, 2.24) is 4.90 Å². The summed E-state index contributed by atoms with van der Waals surface area (Å²) in [6.07, 6.45) is -6.80. The molecule has 0 spiro atoms. The number of likely N-dealkylation sites (N-methyl/N-ethyl adjacent to an activating group) is 1. The van der Waals surface area contributed by atoms with Crippen molar-refractivity contribution in [3.8, 4) is 0 Å². The van der Waals surface area contributed by atoms with Crippen LogP contribution in [0.2, 0.25) is 0 Å². The number of nitrogens with zero attached hydrogens (tertiary/aromatic N) is 2. The molecule has 0 aromatic heterocycles. The van der Waals surface area contributed by atoms with Crippen LogP contribution in [-0.2, 0) is 49.2 Å². The zero-order chi connectivity index (χ0) is 46.3. The Kier molecular flexibility index (Phi) is 18.8. The summed E-state index contributed by atoms with van der Waals surface area (Å²) < 4.78 is 44.9. The first-order valence-corrected chi connectivity index (χ1v) is 22.6. The third kappa shape index (κ3) is 12.1. The Labute approximate surface area is 370 Å². The number of carbonyl (C=O) groups excluding carboxylic acids is 1. The number of ether oxygens (including phenoxy) is 7. The van der Waals surface area contributed by atoms with Gasteiger partial charge in [0.15, 0.2) is 12.6 Å². The van der Waals surface area contributed by atoms with Crippen LogP contribution in [0.15, 0.2) is 35.5 Å². The van der Waals surface area contributed by atoms with Crippen molar-refractivity contribution in [2.24, 2.45) is 28.8 Å². The summed E-state index contributed by atoms with van der Waals surface area (Å²) in [4.78, 5) is 22.5. The van der Waals surface area contributed by atoms with Gasteiger partial charge in [-0.1, -0.05) is 63.2 Å². The standard InChI is InChI=1S/C47H80N2O13/c1-15-35-47(10,54)40(51)29(4)37(48-57-23-19-22-33-20-17-16-18-21-33)27(2)25-46(9,56-14)42(62-44-38(50)34(49(11)12)24-28(3)58-44)30(5)39(31(6)43(53)60-35)61-36-26-45(8,55-13)41(52)32(7)59-36/h16-18,20-21,27-32,34-36,38-42,44,50-52,54H,15,19,22-26H2,1-14H3/b48-37+/t27-,28-,29+,30+,31-,32+,34+,35?,36+,38-,39?,40-,41+,42-,44+,45-,46-,47-/m1/s1. The third-order valence-corrected chi connectivity index (χ3v) is 14.0. The fourth-order valence-corrected chi connectivity index (χ4v) is 9.87. The number of oxime groups is 1. The minimum absolute atomic E-state index is 0.137. The second-order valence-electron chi connectivity index (χ2n) is 19.2. The van der Waals surface area contributed by atoms with Gasteiger partial charge in [0.2, 0.25) is 0 Å². The van der Waals surface area contributed by atoms with E-state index in [1.807, 2.05) is 64.9 Å². The van der Waals surface area contributed by atoms with Crippen LogP contribution in [0.3, 0.4) is 0 Å². The average Bonchev–Trinajstić information content (AvgIpc) is 3.23. The topological polar surface area (TPSA) is 187 Å². The van der Waals surface area contributed by atoms with Crippen molar-refractivity contribution in [1.29, 1.82) is 0 Å². The van der Waals surface area contributed by atoms with Crippen molar-refractivity contribution >= 4 is 11.7 Å². The Morgan fingerprint density at radius 2 is 1.52 bits per heavy atom. The molecule has 62 heavy (non-hydrogen) atoms. The number of carbonyl (C=O) groups is 1. The zero-order valence-electron chi connectivity index (χ0n) is 39.9. The lowest BCUT2D eigenvalue weighted by atomic mass is 9.73. The first kappa shape index (κ1) is 52.3. The molecular formula is C47H80N2O13. The van der Waals surface area contributed by atoms with Gasteiger partial charge in [0, 0.05) is 44.4 Å². The normalized spacial score (nSPS) is 43.6. The van der Waals surface area contributed by atoms with E-state index in [2.05, 4.69) is 17.3 Å². The quantitative estimate of drug-likeness (QED) is 0.119. The molecule has 15 nitrogen and oxygen atoms in total. The van der Waals surface area contributed by atoms with Crippen LogP contribution in [0.5, 0.6) is 0 Å². The Morgan fingerprint density at radius 1 is 0.871 bits per heavy atom. The molecule has 0 bridgehead atoms. The molecule has 0 amide bonds. The van der Waals surface area contributed by atoms with Crippen LogP contribution >= 0.6 is 0 Å². The minimum atomic E-state index is -1.91. The first-order chi connectivity index (χ1) is 29.0. The summed E-state index contributed by atoms with van der Waals surface area (Å²) in [7, 11) is 6.91. The van der Waals surface area contributed by atoms with E-state index < -0.39 is 102 Å². The Balaban J connectivity index is 1.85. The van der Waals surface area contributed by atoms with E-state index in [9.17, 15) is 25.2 Å². The molecule has 0 radical (unpaired) electrons. The summed E-state index contributed by atoms with van der Waals surface area (Å²) in [5.74, 6) is -3.57. The SMILES string of the molecule is CCC1OC(=O)[C@H](C)C(O[C@H]2C[C@@](C)(OC)[C@@H](O)[C@H](C)O2)[C@H](C)[C@@H](O[C@@H]2O[C@H](C)C[C@H](N(C)C)[C@H]2O)[C@](C)(OC)C[C@@H](C)/C(=N\OCCCc2ccccc2)[C@H](C)[C@@H](O)[C@]1(C)O. The molecular weight excluding hydrogens is 801 g/mol. The van der Waals surface area contributed by atoms with Crippen LogP contribution in [-0.4, -0.2) is 156 Å². The van der Waals surface area contributed by atoms with Crippen molar-refractivity contribution < 1.29 is 63.2 Å². The summed E-state index contributed by atoms with van der Waals surface area (Å²) in [6, 6.07) is 9.82. The predicted molar refractivity (Wildman–Crippen MR) is 234 cm³/mol. The average molecular weight is 881 g/mol. The molecule has 15 heteroatoms. The third-order valence-electron chi connectivity index (χ3n) is 14.0. The van der Waals surface area contributed by atoms with Gasteiger partial charge in [-0.05, 0) is 93.3 Å². The number of rotatable bonds is 13. The summed E-state index contributed by atoms with van der Waals surface area (Å²) in [6.45, 7) is 18.3. The number of esters is 1. The molecule has 1 aromatic carbocycles. The first-order valence-electron chi connectivity index (χ1n) is 22.6. The van der Waals surface area contributed by atoms with Gasteiger partial charge < -0.3 is 63.3 Å². The van der Waals surface area contributed by atoms with Crippen LogP contribution < -0.4 is 0 Å². The molecule has 356 valence electrons. The van der Waals surface area contributed by atoms with E-state index in [0.29, 0.717) is 25.2 Å². The Hall–Kier alpha value is -2.28. The lowest BCUT2D eigenvalue weighted by Crippen LogP contribution is -2.61. The number of aliphatic hydroxyl groups is 4. The van der Waals surface area contributed by atoms with Crippen LogP contribution in [0.25, 0.3) is 0 Å². The van der Waals surface area contributed by atoms with Gasteiger partial charge in [-0.2, -0.15) is 0 Å². The minimum Gasteiger partial charge on any atom is -0.459 e. The molecule has 18 atom stereocenters. The fraction of sp³-hybridized carbons (Fsp3) is 0.830. The second-order valence-corrected chi connectivity index (χ2v) is 19.2. The molecule has 3 aliphatic rings. The van der Waals surface area contributed by atoms with Crippen molar-refractivity contribution in [2.75, 3.05) is 34.9 Å². The molecule has 0 aliphatic carbocycles. The fourth-order valence-electron chi connectivity index (χ4n) is 9.87. The highest BCUT2D eigenvalue weighted by Crippen LogP contribution is 2.42. The summed E-state index contributed by atoms with van der Waals surface area (Å²) in [5.41, 5.74) is -2.48. The van der Waals surface area contributed by atoms with Crippen LogP contribution in [0, 0.1) is 23.7 Å². The van der Waals surface area contributed by atoms with Gasteiger partial charge in [-0.3, -0.25) is 4.79 Å². The number of hydrogen-bond acceptors (Lipinski definition) is 15. The van der Waals surface area contributed by atoms with E-state index >= 15 is 0 Å². The van der Waals surface area contributed by atoms with Crippen LogP contribution in [0.4, 0.5) is 0 Å². The molecule has 1 aromatic rings. The van der Waals surface area contributed by atoms with Crippen molar-refractivity contribution in [2.45, 2.75) is 192 Å². The van der Waals surface area contributed by atoms with E-state index in [1.165, 1.54) is 19.6 Å². The Bertz CT molecular complexity index is 1570. The van der Waals surface area contributed by atoms with Crippen molar-refractivity contribution in [3.05, 3.63) is 35.9 Å². The molecule has 2 unspecified atom stereocenters. The van der Waals surface area contributed by atoms with E-state index in [-0.39, 0.29) is 31.4 Å². The van der Waals surface area contributed by atoms with Gasteiger partial charge >= 0.3 is 5.97 Å². The van der Waals surface area contributed by atoms with Gasteiger partial charge in [0.25, 0.3) is 0 Å². The van der Waals surface area contributed by atoms with Gasteiger partial charge in [0.05, 0.1) is 53.4 Å². The highest BCUT2D eigenvalue weighted by Gasteiger charge is 2.54. The van der Waals surface area contributed by atoms with Crippen LogP contribution in [0.1, 0.15) is 107 Å². The van der Waals surface area contributed by atoms with Gasteiger partial charge in [0.1, 0.15) is 30.5 Å². The smallest absolute Gasteiger partial charge is 0.311 e. The number of methoxy groups -OCH3 is 2. The summed E-state index contributed by atoms with van der Waals surface area (Å²) in [5, 5.41) is 51.7. The predicted octanol–water partition coefficient (Wildman–Crippen LogP) is 4.88. The number of benzene rings is 1. The van der Waals surface area contributed by atoms with E-state index in [4.69, 9.17) is 38.0 Å². The van der Waals surface area contributed by atoms with Gasteiger partial charge in [-0.25, -0.2) is 0 Å². The van der Waals surface area contributed by atoms with E-state index in [0.717, 1.165) is 6.42 Å². The summed E-state index contributed by atoms with van der Waals surface area (Å²) >= 11 is 0. The monoisotopic (exact) mass is 881 g/mol. The highest BCUT2D eigenvalue weighted by molar-refractivity contribution is 5.88.